The molecule has 0 radical (unpaired) electrons. The Labute approximate surface area is 153 Å². The second kappa shape index (κ2) is 7.56. The predicted octanol–water partition coefficient (Wildman–Crippen LogP) is 4.33. The Hall–Kier alpha value is -2.88. The maximum absolute atomic E-state index is 12.8. The summed E-state index contributed by atoms with van der Waals surface area (Å²) in [5.41, 5.74) is 2.90. The Morgan fingerprint density at radius 2 is 1.65 bits per heavy atom. The number of aromatic nitrogens is 2. The van der Waals surface area contributed by atoms with Crippen LogP contribution in [0.25, 0.3) is 5.69 Å². The van der Waals surface area contributed by atoms with E-state index >= 15 is 0 Å². The lowest BCUT2D eigenvalue weighted by Crippen LogP contribution is -2.37. The van der Waals surface area contributed by atoms with Gasteiger partial charge in [0, 0.05) is 18.4 Å². The monoisotopic (exact) mass is 345 g/mol. The molecular weight excluding hydrogens is 322 g/mol. The molecule has 1 fully saturated rings. The van der Waals surface area contributed by atoms with Gasteiger partial charge in [-0.1, -0.05) is 42.5 Å². The number of carbonyl (C=O) groups excluding carboxylic acids is 1. The van der Waals surface area contributed by atoms with E-state index in [-0.39, 0.29) is 11.9 Å². The van der Waals surface area contributed by atoms with Gasteiger partial charge in [-0.15, -0.1) is 0 Å². The average Bonchev–Trinajstić information content (AvgIpc) is 3.24. The molecule has 4 nitrogen and oxygen atoms in total. The minimum atomic E-state index is -0.0146. The van der Waals surface area contributed by atoms with E-state index in [0.29, 0.717) is 11.5 Å². The standard InChI is InChI=1S/C22H23N3O/c26-22(20-9-4-5-10-21(20)25-16-6-15-23-25)24-19-13-11-18(12-14-19)17-7-2-1-3-8-17/h1-10,15-16,18-19H,11-14H2,(H,24,26). The highest BCUT2D eigenvalue weighted by atomic mass is 16.1. The van der Waals surface area contributed by atoms with Crippen LogP contribution in [-0.4, -0.2) is 21.7 Å². The number of hydrogen-bond acceptors (Lipinski definition) is 2. The van der Waals surface area contributed by atoms with E-state index in [2.05, 4.69) is 40.7 Å². The number of benzene rings is 2. The van der Waals surface area contributed by atoms with Crippen LogP contribution in [0.5, 0.6) is 0 Å². The number of hydrogen-bond donors (Lipinski definition) is 1. The third-order valence-electron chi connectivity index (χ3n) is 5.23. The van der Waals surface area contributed by atoms with Crippen LogP contribution in [0.2, 0.25) is 0 Å². The molecule has 0 aliphatic heterocycles. The molecule has 0 bridgehead atoms. The molecule has 1 amide bonds. The third-order valence-corrected chi connectivity index (χ3v) is 5.23. The van der Waals surface area contributed by atoms with Crippen LogP contribution in [0.3, 0.4) is 0 Å². The van der Waals surface area contributed by atoms with Crippen molar-refractivity contribution in [1.29, 1.82) is 0 Å². The first-order valence-electron chi connectivity index (χ1n) is 9.26. The van der Waals surface area contributed by atoms with Gasteiger partial charge in [0.25, 0.3) is 5.91 Å². The Bertz CT molecular complexity index is 850. The van der Waals surface area contributed by atoms with E-state index in [1.54, 1.807) is 10.9 Å². The van der Waals surface area contributed by atoms with E-state index in [9.17, 15) is 4.79 Å². The van der Waals surface area contributed by atoms with E-state index in [0.717, 1.165) is 31.4 Å². The number of para-hydroxylation sites is 1. The largest absolute Gasteiger partial charge is 0.349 e. The van der Waals surface area contributed by atoms with Gasteiger partial charge in [0.2, 0.25) is 0 Å². The quantitative estimate of drug-likeness (QED) is 0.765. The molecule has 1 aliphatic rings. The van der Waals surface area contributed by atoms with Gasteiger partial charge in [0.05, 0.1) is 11.3 Å². The molecule has 0 spiro atoms. The molecule has 0 saturated heterocycles. The molecule has 132 valence electrons. The smallest absolute Gasteiger partial charge is 0.253 e. The van der Waals surface area contributed by atoms with Gasteiger partial charge in [-0.05, 0) is 55.4 Å². The fraction of sp³-hybridized carbons (Fsp3) is 0.273. The van der Waals surface area contributed by atoms with Crippen LogP contribution < -0.4 is 5.32 Å². The summed E-state index contributed by atoms with van der Waals surface area (Å²) in [5, 5.41) is 7.49. The van der Waals surface area contributed by atoms with Crippen LogP contribution in [-0.2, 0) is 0 Å². The molecule has 0 unspecified atom stereocenters. The molecular formula is C22H23N3O. The topological polar surface area (TPSA) is 46.9 Å². The molecule has 1 heterocycles. The number of rotatable bonds is 4. The van der Waals surface area contributed by atoms with Crippen molar-refractivity contribution in [3.8, 4) is 5.69 Å². The van der Waals surface area contributed by atoms with E-state index in [1.165, 1.54) is 5.56 Å². The molecule has 2 aromatic carbocycles. The normalized spacial score (nSPS) is 19.8. The summed E-state index contributed by atoms with van der Waals surface area (Å²) >= 11 is 0. The fourth-order valence-electron chi connectivity index (χ4n) is 3.84. The van der Waals surface area contributed by atoms with Crippen molar-refractivity contribution in [1.82, 2.24) is 15.1 Å². The van der Waals surface area contributed by atoms with Gasteiger partial charge < -0.3 is 5.32 Å². The van der Waals surface area contributed by atoms with E-state index in [4.69, 9.17) is 0 Å². The van der Waals surface area contributed by atoms with Gasteiger partial charge in [0.1, 0.15) is 0 Å². The zero-order valence-electron chi connectivity index (χ0n) is 14.7. The molecule has 4 rings (SSSR count). The van der Waals surface area contributed by atoms with Crippen molar-refractivity contribution >= 4 is 5.91 Å². The first kappa shape index (κ1) is 16.6. The number of amides is 1. The van der Waals surface area contributed by atoms with Crippen LogP contribution in [0.1, 0.15) is 47.5 Å². The number of nitrogens with zero attached hydrogens (tertiary/aromatic N) is 2. The summed E-state index contributed by atoms with van der Waals surface area (Å²) in [6, 6.07) is 20.4. The summed E-state index contributed by atoms with van der Waals surface area (Å²) in [7, 11) is 0. The molecule has 1 saturated carbocycles. The van der Waals surface area contributed by atoms with E-state index in [1.807, 2.05) is 36.5 Å². The highest BCUT2D eigenvalue weighted by Gasteiger charge is 2.24. The Balaban J connectivity index is 1.41. The number of carbonyl (C=O) groups is 1. The lowest BCUT2D eigenvalue weighted by atomic mass is 9.81. The SMILES string of the molecule is O=C(NC1CCC(c2ccccc2)CC1)c1ccccc1-n1cccn1. The average molecular weight is 345 g/mol. The van der Waals surface area contributed by atoms with Gasteiger partial charge in [-0.3, -0.25) is 4.79 Å². The van der Waals surface area contributed by atoms with Gasteiger partial charge >= 0.3 is 0 Å². The van der Waals surface area contributed by atoms with Crippen molar-refractivity contribution in [2.75, 3.05) is 0 Å². The maximum atomic E-state index is 12.8. The van der Waals surface area contributed by atoms with Gasteiger partial charge in [0.15, 0.2) is 0 Å². The minimum absolute atomic E-state index is 0.0146. The van der Waals surface area contributed by atoms with Crippen LogP contribution in [0.4, 0.5) is 0 Å². The molecule has 0 atom stereocenters. The van der Waals surface area contributed by atoms with Gasteiger partial charge in [-0.2, -0.15) is 5.10 Å². The Morgan fingerprint density at radius 3 is 2.38 bits per heavy atom. The zero-order chi connectivity index (χ0) is 17.8. The summed E-state index contributed by atoms with van der Waals surface area (Å²) in [4.78, 5) is 12.8. The second-order valence-electron chi connectivity index (χ2n) is 6.90. The van der Waals surface area contributed by atoms with E-state index < -0.39 is 0 Å². The molecule has 4 heteroatoms. The van der Waals surface area contributed by atoms with Gasteiger partial charge in [-0.25, -0.2) is 4.68 Å². The Morgan fingerprint density at radius 1 is 0.923 bits per heavy atom. The fourth-order valence-corrected chi connectivity index (χ4v) is 3.84. The maximum Gasteiger partial charge on any atom is 0.253 e. The number of nitrogens with one attached hydrogen (secondary N) is 1. The first-order valence-corrected chi connectivity index (χ1v) is 9.26. The summed E-state index contributed by atoms with van der Waals surface area (Å²) < 4.78 is 1.74. The highest BCUT2D eigenvalue weighted by Crippen LogP contribution is 2.32. The van der Waals surface area contributed by atoms with Crippen molar-refractivity contribution in [2.24, 2.45) is 0 Å². The highest BCUT2D eigenvalue weighted by molar-refractivity contribution is 5.97. The van der Waals surface area contributed by atoms with Crippen LogP contribution >= 0.6 is 0 Å². The Kier molecular flexibility index (Phi) is 4.82. The molecule has 3 aromatic rings. The third kappa shape index (κ3) is 3.54. The molecule has 1 aliphatic carbocycles. The van der Waals surface area contributed by atoms with Crippen molar-refractivity contribution in [3.05, 3.63) is 84.2 Å². The van der Waals surface area contributed by atoms with Crippen molar-refractivity contribution < 1.29 is 4.79 Å². The van der Waals surface area contributed by atoms with Crippen molar-refractivity contribution in [3.63, 3.8) is 0 Å². The zero-order valence-corrected chi connectivity index (χ0v) is 14.7. The minimum Gasteiger partial charge on any atom is -0.349 e. The summed E-state index contributed by atoms with van der Waals surface area (Å²) in [6.07, 6.45) is 7.87. The predicted molar refractivity (Wildman–Crippen MR) is 102 cm³/mol. The van der Waals surface area contributed by atoms with Crippen molar-refractivity contribution in [2.45, 2.75) is 37.6 Å². The lowest BCUT2D eigenvalue weighted by molar-refractivity contribution is 0.0925. The summed E-state index contributed by atoms with van der Waals surface area (Å²) in [6.45, 7) is 0. The summed E-state index contributed by atoms with van der Waals surface area (Å²) in [5.74, 6) is 0.597. The molecule has 1 N–H and O–H groups in total. The second-order valence-corrected chi connectivity index (χ2v) is 6.90. The van der Waals surface area contributed by atoms with Crippen LogP contribution in [0.15, 0.2) is 73.1 Å². The van der Waals surface area contributed by atoms with Crippen LogP contribution in [0, 0.1) is 0 Å². The molecule has 1 aromatic heterocycles. The molecule has 26 heavy (non-hydrogen) atoms. The first-order chi connectivity index (χ1) is 12.8. The lowest BCUT2D eigenvalue weighted by Gasteiger charge is -2.29.